The van der Waals surface area contributed by atoms with Crippen LogP contribution >= 0.6 is 11.6 Å². The maximum absolute atomic E-state index is 13.3. The fourth-order valence-corrected chi connectivity index (χ4v) is 2.03. The molecule has 1 atom stereocenters. The van der Waals surface area contributed by atoms with Crippen LogP contribution < -0.4 is 5.32 Å². The van der Waals surface area contributed by atoms with E-state index in [9.17, 15) is 14.0 Å². The molecule has 6 heteroatoms. The first kappa shape index (κ1) is 13.8. The van der Waals surface area contributed by atoms with Crippen molar-refractivity contribution < 1.29 is 19.1 Å². The highest BCUT2D eigenvalue weighted by Crippen LogP contribution is 2.34. The monoisotopic (exact) mass is 285 g/mol. The van der Waals surface area contributed by atoms with Gasteiger partial charge in [0, 0.05) is 11.6 Å². The summed E-state index contributed by atoms with van der Waals surface area (Å²) in [6.07, 6.45) is 1.70. The molecule has 102 valence electrons. The molecule has 1 aromatic rings. The SMILES string of the molecule is O=C(O)CC(NC(=O)c1ccc(Cl)c(F)c1)C1CC1. The van der Waals surface area contributed by atoms with E-state index in [4.69, 9.17) is 16.7 Å². The Bertz CT molecular complexity index is 517. The van der Waals surface area contributed by atoms with E-state index in [-0.39, 0.29) is 22.9 Å². The van der Waals surface area contributed by atoms with Crippen LogP contribution in [-0.2, 0) is 4.79 Å². The molecular formula is C13H13ClFNO3. The van der Waals surface area contributed by atoms with Crippen LogP contribution in [0.3, 0.4) is 0 Å². The number of hydrogen-bond donors (Lipinski definition) is 2. The van der Waals surface area contributed by atoms with E-state index < -0.39 is 23.7 Å². The lowest BCUT2D eigenvalue weighted by Crippen LogP contribution is -2.38. The predicted molar refractivity (Wildman–Crippen MR) is 67.6 cm³/mol. The first-order valence-electron chi connectivity index (χ1n) is 5.95. The summed E-state index contributed by atoms with van der Waals surface area (Å²) in [7, 11) is 0. The molecule has 2 N–H and O–H groups in total. The third-order valence-corrected chi connectivity index (χ3v) is 3.39. The van der Waals surface area contributed by atoms with Crippen molar-refractivity contribution in [1.82, 2.24) is 5.32 Å². The van der Waals surface area contributed by atoms with Crippen molar-refractivity contribution in [3.8, 4) is 0 Å². The molecule has 4 nitrogen and oxygen atoms in total. The molecule has 1 aromatic carbocycles. The molecule has 2 rings (SSSR count). The van der Waals surface area contributed by atoms with Crippen molar-refractivity contribution in [3.63, 3.8) is 0 Å². The van der Waals surface area contributed by atoms with Crippen LogP contribution in [0, 0.1) is 11.7 Å². The average molecular weight is 286 g/mol. The van der Waals surface area contributed by atoms with Crippen LogP contribution in [-0.4, -0.2) is 23.0 Å². The summed E-state index contributed by atoms with van der Waals surface area (Å²) in [5.74, 6) is -1.90. The summed E-state index contributed by atoms with van der Waals surface area (Å²) in [6, 6.07) is 3.35. The van der Waals surface area contributed by atoms with Gasteiger partial charge in [-0.25, -0.2) is 4.39 Å². The molecule has 1 amide bonds. The Morgan fingerprint density at radius 3 is 2.68 bits per heavy atom. The number of benzene rings is 1. The Kier molecular flexibility index (Phi) is 4.04. The first-order valence-corrected chi connectivity index (χ1v) is 6.33. The fraction of sp³-hybridized carbons (Fsp3) is 0.385. The topological polar surface area (TPSA) is 66.4 Å². The number of carboxylic acids is 1. The van der Waals surface area contributed by atoms with Crippen LogP contribution in [0.4, 0.5) is 4.39 Å². The second-order valence-corrected chi connectivity index (χ2v) is 5.05. The Hall–Kier alpha value is -1.62. The fourth-order valence-electron chi connectivity index (χ4n) is 1.91. The maximum atomic E-state index is 13.3. The van der Waals surface area contributed by atoms with Gasteiger partial charge in [-0.3, -0.25) is 9.59 Å². The molecule has 0 saturated heterocycles. The van der Waals surface area contributed by atoms with Crippen molar-refractivity contribution >= 4 is 23.5 Å². The van der Waals surface area contributed by atoms with Gasteiger partial charge in [-0.1, -0.05) is 11.6 Å². The quantitative estimate of drug-likeness (QED) is 0.873. The highest BCUT2D eigenvalue weighted by atomic mass is 35.5. The second-order valence-electron chi connectivity index (χ2n) is 4.64. The highest BCUT2D eigenvalue weighted by molar-refractivity contribution is 6.30. The number of hydrogen-bond acceptors (Lipinski definition) is 2. The molecule has 1 aliphatic rings. The molecule has 1 saturated carbocycles. The third-order valence-electron chi connectivity index (χ3n) is 3.08. The van der Waals surface area contributed by atoms with Crippen molar-refractivity contribution in [1.29, 1.82) is 0 Å². The van der Waals surface area contributed by atoms with Gasteiger partial charge in [-0.15, -0.1) is 0 Å². The average Bonchev–Trinajstić information content (AvgIpc) is 3.15. The normalized spacial score (nSPS) is 15.9. The van der Waals surface area contributed by atoms with Gasteiger partial charge in [0.05, 0.1) is 11.4 Å². The lowest BCUT2D eigenvalue weighted by atomic mass is 10.1. The summed E-state index contributed by atoms with van der Waals surface area (Å²) >= 11 is 5.54. The molecule has 1 aliphatic carbocycles. The molecule has 0 heterocycles. The minimum atomic E-state index is -0.959. The van der Waals surface area contributed by atoms with Crippen molar-refractivity contribution in [3.05, 3.63) is 34.6 Å². The zero-order valence-corrected chi connectivity index (χ0v) is 10.8. The second kappa shape index (κ2) is 5.57. The van der Waals surface area contributed by atoms with Gasteiger partial charge >= 0.3 is 5.97 Å². The highest BCUT2D eigenvalue weighted by Gasteiger charge is 2.33. The minimum absolute atomic E-state index is 0.0548. The summed E-state index contributed by atoms with van der Waals surface area (Å²) in [4.78, 5) is 22.6. The standard InChI is InChI=1S/C13H13ClFNO3/c14-9-4-3-8(5-10(9)15)13(19)16-11(6-12(17)18)7-1-2-7/h3-5,7,11H,1-2,6H2,(H,16,19)(H,17,18). The number of carbonyl (C=O) groups excluding carboxylic acids is 1. The molecular weight excluding hydrogens is 273 g/mol. The molecule has 0 bridgehead atoms. The number of carboxylic acid groups (broad SMARTS) is 1. The van der Waals surface area contributed by atoms with Gasteiger partial charge in [0.2, 0.25) is 0 Å². The van der Waals surface area contributed by atoms with E-state index in [2.05, 4.69) is 5.32 Å². The summed E-state index contributed by atoms with van der Waals surface area (Å²) in [5, 5.41) is 11.4. The number of aliphatic carboxylic acids is 1. The number of amides is 1. The van der Waals surface area contributed by atoms with E-state index in [0.717, 1.165) is 18.9 Å². The zero-order valence-electron chi connectivity index (χ0n) is 10.0. The molecule has 0 radical (unpaired) electrons. The Morgan fingerprint density at radius 1 is 1.47 bits per heavy atom. The molecule has 0 aromatic heterocycles. The lowest BCUT2D eigenvalue weighted by Gasteiger charge is -2.16. The van der Waals surface area contributed by atoms with E-state index >= 15 is 0 Å². The van der Waals surface area contributed by atoms with Gasteiger partial charge in [0.1, 0.15) is 5.82 Å². The van der Waals surface area contributed by atoms with Gasteiger partial charge in [0.25, 0.3) is 5.91 Å². The van der Waals surface area contributed by atoms with Crippen molar-refractivity contribution in [2.24, 2.45) is 5.92 Å². The van der Waals surface area contributed by atoms with Crippen LogP contribution in [0.1, 0.15) is 29.6 Å². The molecule has 1 fully saturated rings. The van der Waals surface area contributed by atoms with Crippen molar-refractivity contribution in [2.45, 2.75) is 25.3 Å². The predicted octanol–water partition coefficient (Wildman–Crippen LogP) is 2.46. The Morgan fingerprint density at radius 2 is 2.16 bits per heavy atom. The van der Waals surface area contributed by atoms with Crippen LogP contribution in [0.5, 0.6) is 0 Å². The van der Waals surface area contributed by atoms with E-state index in [0.29, 0.717) is 0 Å². The van der Waals surface area contributed by atoms with Crippen LogP contribution in [0.15, 0.2) is 18.2 Å². The van der Waals surface area contributed by atoms with Gasteiger partial charge in [-0.05, 0) is 37.0 Å². The molecule has 19 heavy (non-hydrogen) atoms. The third kappa shape index (κ3) is 3.67. The summed E-state index contributed by atoms with van der Waals surface area (Å²) in [6.45, 7) is 0. The van der Waals surface area contributed by atoms with Crippen LogP contribution in [0.2, 0.25) is 5.02 Å². The van der Waals surface area contributed by atoms with Gasteiger partial charge in [0.15, 0.2) is 0 Å². The Balaban J connectivity index is 2.05. The number of halogens is 2. The smallest absolute Gasteiger partial charge is 0.305 e. The Labute approximate surface area is 114 Å². The number of nitrogens with one attached hydrogen (secondary N) is 1. The largest absolute Gasteiger partial charge is 0.481 e. The molecule has 0 spiro atoms. The first-order chi connectivity index (χ1) is 8.97. The van der Waals surface area contributed by atoms with Crippen LogP contribution in [0.25, 0.3) is 0 Å². The zero-order chi connectivity index (χ0) is 14.0. The van der Waals surface area contributed by atoms with Gasteiger partial charge < -0.3 is 10.4 Å². The maximum Gasteiger partial charge on any atom is 0.305 e. The number of rotatable bonds is 5. The molecule has 0 aliphatic heterocycles. The van der Waals surface area contributed by atoms with Crippen molar-refractivity contribution in [2.75, 3.05) is 0 Å². The van der Waals surface area contributed by atoms with E-state index in [1.165, 1.54) is 12.1 Å². The minimum Gasteiger partial charge on any atom is -0.481 e. The molecule has 1 unspecified atom stereocenters. The van der Waals surface area contributed by atoms with E-state index in [1.54, 1.807) is 0 Å². The summed E-state index contributed by atoms with van der Waals surface area (Å²) in [5.41, 5.74) is 0.137. The summed E-state index contributed by atoms with van der Waals surface area (Å²) < 4.78 is 13.3. The lowest BCUT2D eigenvalue weighted by molar-refractivity contribution is -0.137. The van der Waals surface area contributed by atoms with E-state index in [1.807, 2.05) is 0 Å². The number of carbonyl (C=O) groups is 2. The van der Waals surface area contributed by atoms with Gasteiger partial charge in [-0.2, -0.15) is 0 Å².